The predicted molar refractivity (Wildman–Crippen MR) is 75.4 cm³/mol. The summed E-state index contributed by atoms with van der Waals surface area (Å²) in [5.41, 5.74) is 0.964. The Balaban J connectivity index is 1.83. The number of ketones is 1. The van der Waals surface area contributed by atoms with Gasteiger partial charge >= 0.3 is 0 Å². The second-order valence-corrected chi connectivity index (χ2v) is 4.72. The zero-order chi connectivity index (χ0) is 13.5. The first-order valence-corrected chi connectivity index (χ1v) is 6.90. The first-order valence-electron chi connectivity index (χ1n) is 6.90. The lowest BCUT2D eigenvalue weighted by Crippen LogP contribution is -1.93. The number of ether oxygens (including phenoxy) is 2. The minimum atomic E-state index is 0.189. The van der Waals surface area contributed by atoms with Gasteiger partial charge in [-0.15, -0.1) is 0 Å². The molecule has 0 bridgehead atoms. The van der Waals surface area contributed by atoms with Crippen molar-refractivity contribution in [3.8, 4) is 11.5 Å². The molecular weight excluding hydrogens is 240 g/mol. The summed E-state index contributed by atoms with van der Waals surface area (Å²) >= 11 is 0. The molecule has 0 amide bonds. The Bertz CT molecular complexity index is 463. The number of hydrogen-bond donors (Lipinski definition) is 0. The molecule has 0 spiro atoms. The highest BCUT2D eigenvalue weighted by Gasteiger charge is 2.12. The summed E-state index contributed by atoms with van der Waals surface area (Å²) < 4.78 is 10.5. The van der Waals surface area contributed by atoms with Crippen LogP contribution in [-0.2, 0) is 4.79 Å². The van der Waals surface area contributed by atoms with E-state index in [-0.39, 0.29) is 12.6 Å². The van der Waals surface area contributed by atoms with E-state index in [0.717, 1.165) is 29.9 Å². The second kappa shape index (κ2) is 6.98. The van der Waals surface area contributed by atoms with Crippen LogP contribution >= 0.6 is 0 Å². The van der Waals surface area contributed by atoms with Crippen LogP contribution in [0, 0.1) is 0 Å². The van der Waals surface area contributed by atoms with Crippen molar-refractivity contribution in [2.45, 2.75) is 39.0 Å². The van der Waals surface area contributed by atoms with Crippen LogP contribution in [0.2, 0.25) is 0 Å². The molecule has 0 unspecified atom stereocenters. The molecule has 1 aliphatic heterocycles. The summed E-state index contributed by atoms with van der Waals surface area (Å²) in [6.45, 7) is 2.44. The van der Waals surface area contributed by atoms with Crippen LogP contribution in [0.5, 0.6) is 11.5 Å². The van der Waals surface area contributed by atoms with Gasteiger partial charge in [-0.05, 0) is 30.2 Å². The Morgan fingerprint density at radius 2 is 2.05 bits per heavy atom. The molecule has 3 nitrogen and oxygen atoms in total. The third-order valence-electron chi connectivity index (χ3n) is 3.14. The van der Waals surface area contributed by atoms with Crippen LogP contribution in [0.25, 0.3) is 6.08 Å². The predicted octanol–water partition coefficient (Wildman–Crippen LogP) is 3.97. The third kappa shape index (κ3) is 4.12. The molecule has 2 rings (SSSR count). The number of carbonyl (C=O) groups excluding carboxylic acids is 1. The number of unbranched alkanes of at least 4 members (excludes halogenated alkanes) is 3. The van der Waals surface area contributed by atoms with Gasteiger partial charge in [0.2, 0.25) is 6.79 Å². The quantitative estimate of drug-likeness (QED) is 0.549. The van der Waals surface area contributed by atoms with E-state index in [1.54, 1.807) is 6.08 Å². The Kier molecular flexibility index (Phi) is 5.01. The first-order chi connectivity index (χ1) is 9.29. The number of rotatable bonds is 7. The van der Waals surface area contributed by atoms with Crippen molar-refractivity contribution < 1.29 is 14.3 Å². The van der Waals surface area contributed by atoms with Gasteiger partial charge in [0.15, 0.2) is 17.3 Å². The molecule has 3 heteroatoms. The van der Waals surface area contributed by atoms with E-state index in [0.29, 0.717) is 6.42 Å². The molecule has 0 saturated heterocycles. The summed E-state index contributed by atoms with van der Waals surface area (Å²) in [5.74, 6) is 1.70. The summed E-state index contributed by atoms with van der Waals surface area (Å²) in [5, 5.41) is 0. The summed E-state index contributed by atoms with van der Waals surface area (Å²) in [6, 6.07) is 5.69. The maximum absolute atomic E-state index is 11.7. The van der Waals surface area contributed by atoms with Gasteiger partial charge in [-0.25, -0.2) is 0 Å². The minimum Gasteiger partial charge on any atom is -0.454 e. The Morgan fingerprint density at radius 1 is 1.21 bits per heavy atom. The highest BCUT2D eigenvalue weighted by atomic mass is 16.7. The molecule has 19 heavy (non-hydrogen) atoms. The summed E-state index contributed by atoms with van der Waals surface area (Å²) in [6.07, 6.45) is 8.66. The molecule has 1 aliphatic rings. The van der Waals surface area contributed by atoms with E-state index < -0.39 is 0 Å². The van der Waals surface area contributed by atoms with Crippen molar-refractivity contribution in [2.75, 3.05) is 6.79 Å². The maximum atomic E-state index is 11.7. The lowest BCUT2D eigenvalue weighted by atomic mass is 10.1. The molecule has 0 radical (unpaired) electrons. The Labute approximate surface area is 114 Å². The highest BCUT2D eigenvalue weighted by Crippen LogP contribution is 2.32. The lowest BCUT2D eigenvalue weighted by molar-refractivity contribution is -0.114. The van der Waals surface area contributed by atoms with Crippen molar-refractivity contribution in [3.63, 3.8) is 0 Å². The van der Waals surface area contributed by atoms with Crippen molar-refractivity contribution in [1.82, 2.24) is 0 Å². The molecule has 0 N–H and O–H groups in total. The average Bonchev–Trinajstić information content (AvgIpc) is 2.89. The molecule has 0 atom stereocenters. The van der Waals surface area contributed by atoms with Crippen LogP contribution < -0.4 is 9.47 Å². The zero-order valence-electron chi connectivity index (χ0n) is 11.4. The SMILES string of the molecule is CCCCCCC(=O)/C=C\c1ccc2c(c1)OCO2. The summed E-state index contributed by atoms with van der Waals surface area (Å²) in [4.78, 5) is 11.7. The topological polar surface area (TPSA) is 35.5 Å². The largest absolute Gasteiger partial charge is 0.454 e. The smallest absolute Gasteiger partial charge is 0.231 e. The molecule has 0 aromatic heterocycles. The fourth-order valence-corrected chi connectivity index (χ4v) is 2.02. The fraction of sp³-hybridized carbons (Fsp3) is 0.438. The van der Waals surface area contributed by atoms with Gasteiger partial charge in [0.05, 0.1) is 0 Å². The van der Waals surface area contributed by atoms with E-state index >= 15 is 0 Å². The van der Waals surface area contributed by atoms with Crippen LogP contribution in [-0.4, -0.2) is 12.6 Å². The molecule has 0 saturated carbocycles. The Hall–Kier alpha value is -1.77. The van der Waals surface area contributed by atoms with Gasteiger partial charge in [0.1, 0.15) is 0 Å². The van der Waals surface area contributed by atoms with Crippen molar-refractivity contribution >= 4 is 11.9 Å². The van der Waals surface area contributed by atoms with Crippen molar-refractivity contribution in [1.29, 1.82) is 0 Å². The van der Waals surface area contributed by atoms with Crippen molar-refractivity contribution in [3.05, 3.63) is 29.8 Å². The number of carbonyl (C=O) groups is 1. The van der Waals surface area contributed by atoms with Gasteiger partial charge < -0.3 is 9.47 Å². The van der Waals surface area contributed by atoms with Gasteiger partial charge in [0.25, 0.3) is 0 Å². The van der Waals surface area contributed by atoms with E-state index in [2.05, 4.69) is 6.92 Å². The number of allylic oxidation sites excluding steroid dienone is 1. The van der Waals surface area contributed by atoms with Gasteiger partial charge in [0, 0.05) is 6.42 Å². The second-order valence-electron chi connectivity index (χ2n) is 4.72. The minimum absolute atomic E-state index is 0.189. The maximum Gasteiger partial charge on any atom is 0.231 e. The van der Waals surface area contributed by atoms with E-state index in [1.165, 1.54) is 12.8 Å². The zero-order valence-corrected chi connectivity index (χ0v) is 11.4. The molecular formula is C16H20O3. The molecule has 0 fully saturated rings. The number of benzene rings is 1. The van der Waals surface area contributed by atoms with E-state index in [4.69, 9.17) is 9.47 Å². The highest BCUT2D eigenvalue weighted by molar-refractivity contribution is 5.93. The fourth-order valence-electron chi connectivity index (χ4n) is 2.02. The van der Waals surface area contributed by atoms with Crippen LogP contribution in [0.1, 0.15) is 44.6 Å². The molecule has 1 heterocycles. The molecule has 1 aromatic rings. The molecule has 1 aromatic carbocycles. The molecule has 0 aliphatic carbocycles. The van der Waals surface area contributed by atoms with Crippen LogP contribution in [0.3, 0.4) is 0 Å². The summed E-state index contributed by atoms with van der Waals surface area (Å²) in [7, 11) is 0. The first kappa shape index (κ1) is 13.7. The standard InChI is InChI=1S/C16H20O3/c1-2-3-4-5-6-14(17)9-7-13-8-10-15-16(11-13)19-12-18-15/h7-11H,2-6,12H2,1H3/b9-7-. The number of hydrogen-bond acceptors (Lipinski definition) is 3. The van der Waals surface area contributed by atoms with Gasteiger partial charge in [-0.1, -0.05) is 38.3 Å². The molecule has 102 valence electrons. The van der Waals surface area contributed by atoms with E-state index in [1.807, 2.05) is 24.3 Å². The van der Waals surface area contributed by atoms with Crippen molar-refractivity contribution in [2.24, 2.45) is 0 Å². The van der Waals surface area contributed by atoms with Gasteiger partial charge in [-0.3, -0.25) is 4.79 Å². The van der Waals surface area contributed by atoms with Crippen LogP contribution in [0.4, 0.5) is 0 Å². The number of fused-ring (bicyclic) bond motifs is 1. The lowest BCUT2D eigenvalue weighted by Gasteiger charge is -1.98. The van der Waals surface area contributed by atoms with E-state index in [9.17, 15) is 4.79 Å². The normalized spacial score (nSPS) is 13.1. The average molecular weight is 260 g/mol. The Morgan fingerprint density at radius 3 is 2.89 bits per heavy atom. The van der Waals surface area contributed by atoms with Gasteiger partial charge in [-0.2, -0.15) is 0 Å². The monoisotopic (exact) mass is 260 g/mol. The third-order valence-corrected chi connectivity index (χ3v) is 3.14. The van der Waals surface area contributed by atoms with Crippen LogP contribution in [0.15, 0.2) is 24.3 Å².